The van der Waals surface area contributed by atoms with Gasteiger partial charge in [-0.2, -0.15) is 0 Å². The van der Waals surface area contributed by atoms with Crippen LogP contribution in [0.2, 0.25) is 0 Å². The molecule has 25 heavy (non-hydrogen) atoms. The Bertz CT molecular complexity index is 855. The molecule has 0 heterocycles. The SMILES string of the molecule is Cc1ccc(NCc2ccc(C(=O)Nc3ccccc3)cc2)cc1C. The van der Waals surface area contributed by atoms with Crippen LogP contribution in [0.5, 0.6) is 0 Å². The van der Waals surface area contributed by atoms with Gasteiger partial charge in [-0.3, -0.25) is 4.79 Å². The van der Waals surface area contributed by atoms with E-state index < -0.39 is 0 Å². The Kier molecular flexibility index (Phi) is 5.14. The van der Waals surface area contributed by atoms with Crippen LogP contribution in [0.4, 0.5) is 11.4 Å². The second kappa shape index (κ2) is 7.67. The Hall–Kier alpha value is -3.07. The summed E-state index contributed by atoms with van der Waals surface area (Å²) in [6.45, 7) is 4.95. The zero-order valence-electron chi connectivity index (χ0n) is 14.5. The third kappa shape index (κ3) is 4.48. The summed E-state index contributed by atoms with van der Waals surface area (Å²) < 4.78 is 0. The van der Waals surface area contributed by atoms with E-state index in [1.54, 1.807) is 0 Å². The molecule has 126 valence electrons. The maximum Gasteiger partial charge on any atom is 0.255 e. The van der Waals surface area contributed by atoms with Gasteiger partial charge in [0.1, 0.15) is 0 Å². The first kappa shape index (κ1) is 16.8. The van der Waals surface area contributed by atoms with Crippen molar-refractivity contribution in [2.75, 3.05) is 10.6 Å². The van der Waals surface area contributed by atoms with Crippen molar-refractivity contribution in [2.45, 2.75) is 20.4 Å². The number of anilines is 2. The van der Waals surface area contributed by atoms with Gasteiger partial charge in [0.25, 0.3) is 5.91 Å². The highest BCUT2D eigenvalue weighted by molar-refractivity contribution is 6.04. The lowest BCUT2D eigenvalue weighted by atomic mass is 10.1. The summed E-state index contributed by atoms with van der Waals surface area (Å²) in [5, 5.41) is 6.31. The number of hydrogen-bond donors (Lipinski definition) is 2. The molecule has 0 radical (unpaired) electrons. The van der Waals surface area contributed by atoms with Gasteiger partial charge in [-0.1, -0.05) is 36.4 Å². The predicted octanol–water partition coefficient (Wildman–Crippen LogP) is 5.17. The van der Waals surface area contributed by atoms with Gasteiger partial charge in [0.05, 0.1) is 0 Å². The van der Waals surface area contributed by atoms with Crippen LogP contribution in [-0.4, -0.2) is 5.91 Å². The number of benzene rings is 3. The maximum absolute atomic E-state index is 12.2. The van der Waals surface area contributed by atoms with E-state index >= 15 is 0 Å². The Labute approximate surface area is 148 Å². The van der Waals surface area contributed by atoms with Gasteiger partial charge in [-0.15, -0.1) is 0 Å². The summed E-state index contributed by atoms with van der Waals surface area (Å²) in [6, 6.07) is 23.5. The van der Waals surface area contributed by atoms with Gasteiger partial charge >= 0.3 is 0 Å². The summed E-state index contributed by atoms with van der Waals surface area (Å²) in [5.41, 5.74) is 6.26. The molecule has 3 rings (SSSR count). The lowest BCUT2D eigenvalue weighted by Crippen LogP contribution is -2.11. The van der Waals surface area contributed by atoms with Crippen molar-refractivity contribution >= 4 is 17.3 Å². The van der Waals surface area contributed by atoms with Gasteiger partial charge < -0.3 is 10.6 Å². The Morgan fingerprint density at radius 2 is 1.52 bits per heavy atom. The predicted molar refractivity (Wildman–Crippen MR) is 104 cm³/mol. The molecule has 0 unspecified atom stereocenters. The van der Waals surface area contributed by atoms with Crippen LogP contribution in [-0.2, 0) is 6.54 Å². The molecule has 3 aromatic rings. The maximum atomic E-state index is 12.2. The van der Waals surface area contributed by atoms with E-state index in [4.69, 9.17) is 0 Å². The molecule has 3 nitrogen and oxygen atoms in total. The standard InChI is InChI=1S/C22H22N2O/c1-16-8-13-21(14-17(16)2)23-15-18-9-11-19(12-10-18)22(25)24-20-6-4-3-5-7-20/h3-14,23H,15H2,1-2H3,(H,24,25). The Morgan fingerprint density at radius 1 is 0.800 bits per heavy atom. The second-order valence-corrected chi connectivity index (χ2v) is 6.17. The topological polar surface area (TPSA) is 41.1 Å². The lowest BCUT2D eigenvalue weighted by Gasteiger charge is -2.10. The number of aryl methyl sites for hydroxylation is 2. The van der Waals surface area contributed by atoms with Crippen LogP contribution in [0.1, 0.15) is 27.0 Å². The molecule has 0 aromatic heterocycles. The minimum atomic E-state index is -0.0973. The van der Waals surface area contributed by atoms with Crippen LogP contribution in [0, 0.1) is 13.8 Å². The molecule has 1 amide bonds. The van der Waals surface area contributed by atoms with Crippen LogP contribution in [0.25, 0.3) is 0 Å². The Balaban J connectivity index is 1.60. The first-order chi connectivity index (χ1) is 12.1. The van der Waals surface area contributed by atoms with Crippen molar-refractivity contribution in [3.05, 3.63) is 95.1 Å². The molecule has 0 saturated carbocycles. The molecule has 0 aliphatic rings. The number of amides is 1. The van der Waals surface area contributed by atoms with Crippen molar-refractivity contribution < 1.29 is 4.79 Å². The average Bonchev–Trinajstić information content (AvgIpc) is 2.64. The molecule has 0 spiro atoms. The number of carbonyl (C=O) groups is 1. The van der Waals surface area contributed by atoms with Crippen LogP contribution >= 0.6 is 0 Å². The van der Waals surface area contributed by atoms with Crippen molar-refractivity contribution in [2.24, 2.45) is 0 Å². The van der Waals surface area contributed by atoms with E-state index in [1.807, 2.05) is 54.6 Å². The summed E-state index contributed by atoms with van der Waals surface area (Å²) in [7, 11) is 0. The van der Waals surface area contributed by atoms with Gasteiger partial charge in [0, 0.05) is 23.5 Å². The largest absolute Gasteiger partial charge is 0.381 e. The van der Waals surface area contributed by atoms with Crippen LogP contribution in [0.3, 0.4) is 0 Å². The Morgan fingerprint density at radius 3 is 2.20 bits per heavy atom. The molecule has 0 fully saturated rings. The molecule has 0 saturated heterocycles. The molecule has 0 bridgehead atoms. The molecule has 3 aromatic carbocycles. The van der Waals surface area contributed by atoms with Gasteiger partial charge in [-0.25, -0.2) is 0 Å². The van der Waals surface area contributed by atoms with E-state index in [0.717, 1.165) is 23.5 Å². The minimum Gasteiger partial charge on any atom is -0.381 e. The third-order valence-electron chi connectivity index (χ3n) is 4.25. The van der Waals surface area contributed by atoms with Gasteiger partial charge in [-0.05, 0) is 66.9 Å². The fourth-order valence-corrected chi connectivity index (χ4v) is 2.55. The quantitative estimate of drug-likeness (QED) is 0.678. The molecular formula is C22H22N2O. The second-order valence-electron chi connectivity index (χ2n) is 6.17. The normalized spacial score (nSPS) is 10.3. The summed E-state index contributed by atoms with van der Waals surface area (Å²) in [6.07, 6.45) is 0. The number of carbonyl (C=O) groups excluding carboxylic acids is 1. The first-order valence-corrected chi connectivity index (χ1v) is 8.38. The first-order valence-electron chi connectivity index (χ1n) is 8.38. The van der Waals surface area contributed by atoms with Crippen molar-refractivity contribution in [3.63, 3.8) is 0 Å². The number of rotatable bonds is 5. The molecule has 0 atom stereocenters. The van der Waals surface area contributed by atoms with Gasteiger partial charge in [0.2, 0.25) is 0 Å². The molecule has 2 N–H and O–H groups in total. The third-order valence-corrected chi connectivity index (χ3v) is 4.25. The van der Waals surface area contributed by atoms with E-state index in [1.165, 1.54) is 11.1 Å². The van der Waals surface area contributed by atoms with Crippen molar-refractivity contribution in [1.29, 1.82) is 0 Å². The van der Waals surface area contributed by atoms with Crippen molar-refractivity contribution in [1.82, 2.24) is 0 Å². The molecule has 0 aliphatic heterocycles. The van der Waals surface area contributed by atoms with Gasteiger partial charge in [0.15, 0.2) is 0 Å². The monoisotopic (exact) mass is 330 g/mol. The van der Waals surface area contributed by atoms with E-state index in [-0.39, 0.29) is 5.91 Å². The lowest BCUT2D eigenvalue weighted by molar-refractivity contribution is 0.102. The zero-order valence-corrected chi connectivity index (χ0v) is 14.5. The number of para-hydroxylation sites is 1. The van der Waals surface area contributed by atoms with E-state index in [9.17, 15) is 4.79 Å². The smallest absolute Gasteiger partial charge is 0.255 e. The van der Waals surface area contributed by atoms with Crippen LogP contribution in [0.15, 0.2) is 72.8 Å². The van der Waals surface area contributed by atoms with Crippen molar-refractivity contribution in [3.8, 4) is 0 Å². The summed E-state index contributed by atoms with van der Waals surface area (Å²) >= 11 is 0. The zero-order chi connectivity index (χ0) is 17.6. The minimum absolute atomic E-state index is 0.0973. The molecular weight excluding hydrogens is 308 g/mol. The summed E-state index contributed by atoms with van der Waals surface area (Å²) in [4.78, 5) is 12.2. The van der Waals surface area contributed by atoms with E-state index in [2.05, 4.69) is 42.7 Å². The highest BCUT2D eigenvalue weighted by Crippen LogP contribution is 2.16. The fourth-order valence-electron chi connectivity index (χ4n) is 2.55. The summed E-state index contributed by atoms with van der Waals surface area (Å²) in [5.74, 6) is -0.0973. The highest BCUT2D eigenvalue weighted by Gasteiger charge is 2.05. The number of nitrogens with one attached hydrogen (secondary N) is 2. The molecule has 3 heteroatoms. The number of hydrogen-bond acceptors (Lipinski definition) is 2. The fraction of sp³-hybridized carbons (Fsp3) is 0.136. The van der Waals surface area contributed by atoms with Crippen LogP contribution < -0.4 is 10.6 Å². The molecule has 0 aliphatic carbocycles. The van der Waals surface area contributed by atoms with E-state index in [0.29, 0.717) is 5.56 Å². The average molecular weight is 330 g/mol. The highest BCUT2D eigenvalue weighted by atomic mass is 16.1.